The van der Waals surface area contributed by atoms with Gasteiger partial charge in [0, 0.05) is 46.0 Å². The number of piperazine rings is 1. The largest absolute Gasteiger partial charge is 0.459 e. The van der Waals surface area contributed by atoms with Crippen molar-refractivity contribution in [2.24, 2.45) is 4.99 Å². The zero-order chi connectivity index (χ0) is 22.3. The van der Waals surface area contributed by atoms with Crippen LogP contribution >= 0.6 is 24.0 Å². The molecular formula is C24H31IN6O2. The fraction of sp³-hybridized carbons (Fsp3) is 0.375. The molecule has 1 aromatic carbocycles. The van der Waals surface area contributed by atoms with E-state index in [1.54, 1.807) is 19.2 Å². The van der Waals surface area contributed by atoms with Crippen LogP contribution in [0.5, 0.6) is 0 Å². The Balaban J connectivity index is 0.00000306. The van der Waals surface area contributed by atoms with E-state index in [1.807, 2.05) is 27.8 Å². The minimum Gasteiger partial charge on any atom is -0.459 e. The van der Waals surface area contributed by atoms with Gasteiger partial charge in [-0.15, -0.1) is 24.0 Å². The fourth-order valence-corrected chi connectivity index (χ4v) is 3.94. The molecular weight excluding hydrogens is 531 g/mol. The second kappa shape index (κ2) is 11.9. The molecule has 8 nitrogen and oxygen atoms in total. The zero-order valence-corrected chi connectivity index (χ0v) is 21.4. The Kier molecular flexibility index (Phi) is 8.93. The SMILES string of the molecule is CN=C(NCCCc1cn(-c2ccccc2)nc1C)N1CCN(C(=O)c2ccco2)CC1.I. The standard InChI is InChI=1S/C24H30N6O2.HI/c1-19-20(18-30(27-19)21-9-4-3-5-10-21)8-6-12-26-24(25-2)29-15-13-28(14-16-29)23(31)22-11-7-17-32-22;/h3-5,7,9-11,17-18H,6,8,12-16H2,1-2H3,(H,25,26);1H. The van der Waals surface area contributed by atoms with Crippen LogP contribution in [-0.2, 0) is 6.42 Å². The third kappa shape index (κ3) is 6.16. The molecule has 33 heavy (non-hydrogen) atoms. The van der Waals surface area contributed by atoms with Crippen molar-refractivity contribution in [3.8, 4) is 5.69 Å². The lowest BCUT2D eigenvalue weighted by Crippen LogP contribution is -2.53. The first-order chi connectivity index (χ1) is 15.7. The Hall–Kier alpha value is -2.82. The highest BCUT2D eigenvalue weighted by Gasteiger charge is 2.25. The number of benzene rings is 1. The lowest BCUT2D eigenvalue weighted by atomic mass is 10.1. The molecule has 1 aliphatic rings. The van der Waals surface area contributed by atoms with Gasteiger partial charge in [-0.1, -0.05) is 18.2 Å². The van der Waals surface area contributed by atoms with Gasteiger partial charge in [0.1, 0.15) is 0 Å². The molecule has 1 N–H and O–H groups in total. The highest BCUT2D eigenvalue weighted by molar-refractivity contribution is 14.0. The summed E-state index contributed by atoms with van der Waals surface area (Å²) in [5.41, 5.74) is 3.40. The predicted molar refractivity (Wildman–Crippen MR) is 140 cm³/mol. The lowest BCUT2D eigenvalue weighted by molar-refractivity contribution is 0.0658. The molecule has 3 aromatic rings. The maximum absolute atomic E-state index is 12.4. The molecule has 176 valence electrons. The number of hydrogen-bond donors (Lipinski definition) is 1. The van der Waals surface area contributed by atoms with Crippen LogP contribution in [0, 0.1) is 6.92 Å². The summed E-state index contributed by atoms with van der Waals surface area (Å²) < 4.78 is 7.18. The third-order valence-electron chi connectivity index (χ3n) is 5.74. The van der Waals surface area contributed by atoms with Crippen molar-refractivity contribution in [2.45, 2.75) is 19.8 Å². The van der Waals surface area contributed by atoms with Crippen LogP contribution in [0.2, 0.25) is 0 Å². The average molecular weight is 562 g/mol. The number of para-hydroxylation sites is 1. The van der Waals surface area contributed by atoms with Gasteiger partial charge in [0.2, 0.25) is 0 Å². The van der Waals surface area contributed by atoms with Gasteiger partial charge in [-0.3, -0.25) is 9.79 Å². The van der Waals surface area contributed by atoms with Gasteiger partial charge in [0.25, 0.3) is 5.91 Å². The molecule has 2 aromatic heterocycles. The second-order valence-electron chi connectivity index (χ2n) is 7.85. The first kappa shape index (κ1) is 24.8. The number of carbonyl (C=O) groups excluding carboxylic acids is 1. The highest BCUT2D eigenvalue weighted by atomic mass is 127. The van der Waals surface area contributed by atoms with E-state index in [-0.39, 0.29) is 29.9 Å². The molecule has 1 amide bonds. The normalized spacial score (nSPS) is 14.2. The number of rotatable bonds is 6. The Morgan fingerprint density at radius 3 is 2.48 bits per heavy atom. The van der Waals surface area contributed by atoms with Crippen molar-refractivity contribution in [3.05, 3.63) is 71.9 Å². The van der Waals surface area contributed by atoms with Gasteiger partial charge in [-0.05, 0) is 49.6 Å². The van der Waals surface area contributed by atoms with E-state index in [0.717, 1.165) is 49.8 Å². The summed E-state index contributed by atoms with van der Waals surface area (Å²) in [5.74, 6) is 1.22. The zero-order valence-electron chi connectivity index (χ0n) is 19.1. The maximum atomic E-state index is 12.4. The lowest BCUT2D eigenvalue weighted by Gasteiger charge is -2.36. The minimum atomic E-state index is -0.0518. The fourth-order valence-electron chi connectivity index (χ4n) is 3.94. The Morgan fingerprint density at radius 2 is 1.82 bits per heavy atom. The van der Waals surface area contributed by atoms with Gasteiger partial charge in [0.05, 0.1) is 17.6 Å². The maximum Gasteiger partial charge on any atom is 0.289 e. The Morgan fingerprint density at radius 1 is 1.09 bits per heavy atom. The van der Waals surface area contributed by atoms with Crippen LogP contribution in [0.4, 0.5) is 0 Å². The summed E-state index contributed by atoms with van der Waals surface area (Å²) in [6.45, 7) is 5.68. The molecule has 0 spiro atoms. The van der Waals surface area contributed by atoms with E-state index in [9.17, 15) is 4.79 Å². The number of amides is 1. The summed E-state index contributed by atoms with van der Waals surface area (Å²) >= 11 is 0. The molecule has 9 heteroatoms. The number of carbonyl (C=O) groups is 1. The summed E-state index contributed by atoms with van der Waals surface area (Å²) in [6.07, 6.45) is 5.59. The number of halogens is 1. The summed E-state index contributed by atoms with van der Waals surface area (Å²) in [6, 6.07) is 13.6. The van der Waals surface area contributed by atoms with Crippen molar-refractivity contribution < 1.29 is 9.21 Å². The number of nitrogens with zero attached hydrogens (tertiary/aromatic N) is 5. The molecule has 0 radical (unpaired) electrons. The van der Waals surface area contributed by atoms with Crippen molar-refractivity contribution in [1.29, 1.82) is 0 Å². The molecule has 0 bridgehead atoms. The van der Waals surface area contributed by atoms with Crippen LogP contribution in [0.15, 0.2) is 64.3 Å². The van der Waals surface area contributed by atoms with E-state index in [1.165, 1.54) is 11.8 Å². The van der Waals surface area contributed by atoms with Crippen LogP contribution < -0.4 is 5.32 Å². The van der Waals surface area contributed by atoms with E-state index < -0.39 is 0 Å². The van der Waals surface area contributed by atoms with E-state index in [4.69, 9.17) is 4.42 Å². The van der Waals surface area contributed by atoms with E-state index >= 15 is 0 Å². The first-order valence-electron chi connectivity index (χ1n) is 11.0. The van der Waals surface area contributed by atoms with Crippen molar-refractivity contribution in [2.75, 3.05) is 39.8 Å². The number of nitrogens with one attached hydrogen (secondary N) is 1. The number of hydrogen-bond acceptors (Lipinski definition) is 4. The van der Waals surface area contributed by atoms with Crippen LogP contribution in [0.1, 0.15) is 28.2 Å². The van der Waals surface area contributed by atoms with Crippen LogP contribution in [-0.4, -0.2) is 71.2 Å². The molecule has 1 aliphatic heterocycles. The van der Waals surface area contributed by atoms with Crippen molar-refractivity contribution in [3.63, 3.8) is 0 Å². The summed E-state index contributed by atoms with van der Waals surface area (Å²) in [5, 5.41) is 8.12. The van der Waals surface area contributed by atoms with Crippen LogP contribution in [0.25, 0.3) is 5.69 Å². The topological polar surface area (TPSA) is 78.9 Å². The number of furan rings is 1. The Labute approximate surface area is 211 Å². The Bertz CT molecular complexity index is 1040. The second-order valence-corrected chi connectivity index (χ2v) is 7.85. The van der Waals surface area contributed by atoms with Crippen LogP contribution in [0.3, 0.4) is 0 Å². The summed E-state index contributed by atoms with van der Waals surface area (Å²) in [7, 11) is 1.80. The molecule has 0 aliphatic carbocycles. The molecule has 0 atom stereocenters. The molecule has 1 saturated heterocycles. The van der Waals surface area contributed by atoms with Crippen molar-refractivity contribution in [1.82, 2.24) is 24.9 Å². The van der Waals surface area contributed by atoms with Crippen molar-refractivity contribution >= 4 is 35.8 Å². The predicted octanol–water partition coefficient (Wildman–Crippen LogP) is 3.36. The van der Waals surface area contributed by atoms with Gasteiger partial charge in [0.15, 0.2) is 11.7 Å². The summed E-state index contributed by atoms with van der Waals surface area (Å²) in [4.78, 5) is 20.9. The van der Waals surface area contributed by atoms with Gasteiger partial charge < -0.3 is 19.5 Å². The molecule has 3 heterocycles. The number of aryl methyl sites for hydroxylation is 2. The molecule has 1 fully saturated rings. The number of aliphatic imine (C=N–C) groups is 1. The average Bonchev–Trinajstić information content (AvgIpc) is 3.50. The number of guanidine groups is 1. The molecule has 0 saturated carbocycles. The van der Waals surface area contributed by atoms with Gasteiger partial charge >= 0.3 is 0 Å². The van der Waals surface area contributed by atoms with E-state index in [0.29, 0.717) is 18.8 Å². The quantitative estimate of drug-likeness (QED) is 0.216. The number of aromatic nitrogens is 2. The van der Waals surface area contributed by atoms with Gasteiger partial charge in [-0.2, -0.15) is 5.10 Å². The monoisotopic (exact) mass is 562 g/mol. The minimum absolute atomic E-state index is 0. The highest BCUT2D eigenvalue weighted by Crippen LogP contribution is 2.13. The van der Waals surface area contributed by atoms with Gasteiger partial charge in [-0.25, -0.2) is 4.68 Å². The smallest absolute Gasteiger partial charge is 0.289 e. The third-order valence-corrected chi connectivity index (χ3v) is 5.74. The molecule has 4 rings (SSSR count). The molecule has 0 unspecified atom stereocenters. The van der Waals surface area contributed by atoms with E-state index in [2.05, 4.69) is 45.6 Å². The first-order valence-corrected chi connectivity index (χ1v) is 11.0.